The Morgan fingerprint density at radius 2 is 1.86 bits per heavy atom. The average Bonchev–Trinajstić information content (AvgIpc) is 1.31. The van der Waals surface area contributed by atoms with Crippen molar-refractivity contribution in [2.24, 2.45) is 5.73 Å². The van der Waals surface area contributed by atoms with Crippen LogP contribution in [-0.2, 0) is 11.1 Å². The van der Waals surface area contributed by atoms with Crippen molar-refractivity contribution in [2.75, 3.05) is 0 Å². The van der Waals surface area contributed by atoms with Gasteiger partial charge in [-0.1, -0.05) is 0 Å². The molecule has 0 radical (unpaired) electrons. The van der Waals surface area contributed by atoms with E-state index in [0.29, 0.717) is 0 Å². The molecule has 0 aliphatic heterocycles. The Balaban J connectivity index is 3.79. The van der Waals surface area contributed by atoms with E-state index >= 15 is 0 Å². The van der Waals surface area contributed by atoms with E-state index < -0.39 is 16.5 Å². The van der Waals surface area contributed by atoms with Crippen LogP contribution >= 0.6 is 0 Å². The van der Waals surface area contributed by atoms with Gasteiger partial charge in [-0.05, 0) is 0 Å². The summed E-state index contributed by atoms with van der Waals surface area (Å²) in [5.74, 6) is 0. The highest BCUT2D eigenvalue weighted by Crippen LogP contribution is 2.05. The van der Waals surface area contributed by atoms with Gasteiger partial charge in [0.25, 0.3) is 0 Å². The quantitative estimate of drug-likeness (QED) is 0.380. The number of rotatable bonds is 1. The van der Waals surface area contributed by atoms with Crippen molar-refractivity contribution >= 4 is 11.1 Å². The van der Waals surface area contributed by atoms with Gasteiger partial charge in [0.05, 0.1) is 0 Å². The van der Waals surface area contributed by atoms with Crippen molar-refractivity contribution in [2.45, 2.75) is 5.38 Å². The van der Waals surface area contributed by atoms with E-state index in [4.69, 9.17) is 4.55 Å². The fraction of sp³-hybridized carbons (Fsp3) is 1.00. The summed E-state index contributed by atoms with van der Waals surface area (Å²) in [7, 11) is 0. The summed E-state index contributed by atoms with van der Waals surface area (Å²) >= 11 is -3.24. The Hall–Kier alpha value is -0.0700. The Kier molecular flexibility index (Phi) is 1.79. The monoisotopic (exact) mass is 131 g/mol. The van der Waals surface area contributed by atoms with Gasteiger partial charge in [0, 0.05) is 0 Å². The summed E-state index contributed by atoms with van der Waals surface area (Å²) in [5.41, 5.74) is 3.79. The first kappa shape index (κ1) is 6.93. The SMILES string of the molecule is NC(F)(F)S(=O)O. The normalized spacial score (nSPS) is 16.6. The van der Waals surface area contributed by atoms with Crippen LogP contribution in [0.25, 0.3) is 0 Å². The molecule has 7 heavy (non-hydrogen) atoms. The summed E-state index contributed by atoms with van der Waals surface area (Å²) in [6.07, 6.45) is 0. The maximum absolute atomic E-state index is 11.1. The molecule has 6 heteroatoms. The molecule has 0 bridgehead atoms. The Morgan fingerprint density at radius 3 is 1.86 bits per heavy atom. The van der Waals surface area contributed by atoms with E-state index in [2.05, 4.69) is 5.73 Å². The maximum Gasteiger partial charge on any atom is 0.401 e. The van der Waals surface area contributed by atoms with Crippen molar-refractivity contribution in [1.29, 1.82) is 0 Å². The topological polar surface area (TPSA) is 63.3 Å². The minimum absolute atomic E-state index is 3.24. The number of alkyl halides is 2. The highest BCUT2D eigenvalue weighted by molar-refractivity contribution is 7.80. The molecule has 1 unspecified atom stereocenters. The lowest BCUT2D eigenvalue weighted by molar-refractivity contribution is 0.0980. The molecule has 1 atom stereocenters. The molecule has 3 nitrogen and oxygen atoms in total. The Bertz CT molecular complexity index is 88.2. The van der Waals surface area contributed by atoms with Gasteiger partial charge >= 0.3 is 5.38 Å². The minimum atomic E-state index is -3.97. The molecule has 3 N–H and O–H groups in total. The Morgan fingerprint density at radius 1 is 1.71 bits per heavy atom. The lowest BCUT2D eigenvalue weighted by Crippen LogP contribution is -2.33. The van der Waals surface area contributed by atoms with Crippen LogP contribution in [-0.4, -0.2) is 14.1 Å². The molecule has 0 rings (SSSR count). The fourth-order valence-electron chi connectivity index (χ4n) is 0. The zero-order valence-electron chi connectivity index (χ0n) is 3.10. The molecule has 0 heterocycles. The molecule has 44 valence electrons. The third kappa shape index (κ3) is 2.60. The smallest absolute Gasteiger partial charge is 0.300 e. The number of hydrogen-bond donors (Lipinski definition) is 2. The van der Waals surface area contributed by atoms with Crippen molar-refractivity contribution < 1.29 is 17.5 Å². The van der Waals surface area contributed by atoms with Crippen LogP contribution < -0.4 is 5.73 Å². The van der Waals surface area contributed by atoms with Crippen molar-refractivity contribution in [3.63, 3.8) is 0 Å². The number of halogens is 2. The van der Waals surface area contributed by atoms with E-state index in [0.717, 1.165) is 0 Å². The highest BCUT2D eigenvalue weighted by Gasteiger charge is 2.29. The fourth-order valence-corrected chi connectivity index (χ4v) is 0. The van der Waals surface area contributed by atoms with Crippen molar-refractivity contribution in [1.82, 2.24) is 0 Å². The zero-order chi connectivity index (χ0) is 6.08. The lowest BCUT2D eigenvalue weighted by Gasteiger charge is -2.00. The van der Waals surface area contributed by atoms with E-state index in [1.165, 1.54) is 0 Å². The van der Waals surface area contributed by atoms with Gasteiger partial charge in [0.15, 0.2) is 0 Å². The number of hydrogen-bond acceptors (Lipinski definition) is 2. The van der Waals surface area contributed by atoms with Gasteiger partial charge in [-0.3, -0.25) is 5.73 Å². The average molecular weight is 131 g/mol. The molecular formula is CH3F2NO2S. The molecule has 0 aromatic heterocycles. The predicted molar refractivity (Wildman–Crippen MR) is 19.9 cm³/mol. The summed E-state index contributed by atoms with van der Waals surface area (Å²) in [6, 6.07) is 0. The minimum Gasteiger partial charge on any atom is -0.300 e. The molecule has 0 amide bonds. The van der Waals surface area contributed by atoms with Crippen molar-refractivity contribution in [3.8, 4) is 0 Å². The second kappa shape index (κ2) is 1.81. The molecule has 0 aliphatic carbocycles. The largest absolute Gasteiger partial charge is 0.401 e. The van der Waals surface area contributed by atoms with E-state index in [1.807, 2.05) is 0 Å². The third-order valence-electron chi connectivity index (χ3n) is 0.233. The van der Waals surface area contributed by atoms with Crippen LogP contribution in [0.15, 0.2) is 0 Å². The van der Waals surface area contributed by atoms with Crippen LogP contribution in [0.1, 0.15) is 0 Å². The van der Waals surface area contributed by atoms with Crippen LogP contribution in [0.3, 0.4) is 0 Å². The summed E-state index contributed by atoms with van der Waals surface area (Å²) < 4.78 is 38.9. The molecular weight excluding hydrogens is 128 g/mol. The first-order valence-corrected chi connectivity index (χ1v) is 2.33. The highest BCUT2D eigenvalue weighted by atomic mass is 32.2. The van der Waals surface area contributed by atoms with Crippen LogP contribution in [0.2, 0.25) is 0 Å². The third-order valence-corrected chi connectivity index (χ3v) is 0.698. The second-order valence-corrected chi connectivity index (χ2v) is 1.85. The molecule has 0 saturated heterocycles. The molecule has 0 aromatic rings. The maximum atomic E-state index is 11.1. The van der Waals surface area contributed by atoms with E-state index in [9.17, 15) is 13.0 Å². The predicted octanol–water partition coefficient (Wildman–Crippen LogP) is -0.283. The Labute approximate surface area is 40.8 Å². The first-order valence-electron chi connectivity index (χ1n) is 1.22. The number of nitrogens with two attached hydrogens (primary N) is 1. The van der Waals surface area contributed by atoms with Gasteiger partial charge in [-0.15, -0.1) is 0 Å². The van der Waals surface area contributed by atoms with Gasteiger partial charge in [0.2, 0.25) is 11.1 Å². The summed E-state index contributed by atoms with van der Waals surface area (Å²) in [6.45, 7) is 0. The molecule has 0 spiro atoms. The van der Waals surface area contributed by atoms with E-state index in [-0.39, 0.29) is 0 Å². The standard InChI is InChI=1S/CH3F2NO2S/c2-1(3,4)7(5)6/h4H2,(H,5,6). The molecule has 0 aromatic carbocycles. The van der Waals surface area contributed by atoms with Gasteiger partial charge in [-0.25, -0.2) is 4.21 Å². The van der Waals surface area contributed by atoms with E-state index in [1.54, 1.807) is 0 Å². The summed E-state index contributed by atoms with van der Waals surface area (Å²) in [4.78, 5) is 0. The van der Waals surface area contributed by atoms with Crippen molar-refractivity contribution in [3.05, 3.63) is 0 Å². The van der Waals surface area contributed by atoms with Gasteiger partial charge in [0.1, 0.15) is 0 Å². The molecule has 0 fully saturated rings. The first-order chi connectivity index (χ1) is 2.94. The molecule has 0 saturated carbocycles. The summed E-state index contributed by atoms with van der Waals surface area (Å²) in [5, 5.41) is -3.97. The second-order valence-electron chi connectivity index (χ2n) is 0.811. The van der Waals surface area contributed by atoms with Crippen LogP contribution in [0.4, 0.5) is 8.78 Å². The van der Waals surface area contributed by atoms with Gasteiger partial charge in [-0.2, -0.15) is 8.78 Å². The zero-order valence-corrected chi connectivity index (χ0v) is 3.91. The lowest BCUT2D eigenvalue weighted by atomic mass is 11.3. The molecule has 0 aliphatic rings. The van der Waals surface area contributed by atoms with Crippen LogP contribution in [0.5, 0.6) is 0 Å². The van der Waals surface area contributed by atoms with Gasteiger partial charge < -0.3 is 4.55 Å². The van der Waals surface area contributed by atoms with Crippen LogP contribution in [0, 0.1) is 0 Å².